The molecule has 0 aromatic carbocycles. The molecule has 2 fully saturated rings. The van der Waals surface area contributed by atoms with Crippen LogP contribution in [0.25, 0.3) is 0 Å². The number of hydrogen-bond acceptors (Lipinski definition) is 3. The zero-order valence-corrected chi connectivity index (χ0v) is 13.0. The van der Waals surface area contributed by atoms with Crippen molar-refractivity contribution >= 4 is 17.2 Å². The van der Waals surface area contributed by atoms with Gasteiger partial charge < -0.3 is 10.2 Å². The highest BCUT2D eigenvalue weighted by atomic mass is 32.1. The van der Waals surface area contributed by atoms with Crippen molar-refractivity contribution in [1.82, 2.24) is 10.2 Å². The third-order valence-corrected chi connectivity index (χ3v) is 5.78. The minimum Gasteiger partial charge on any atom is -0.334 e. The maximum atomic E-state index is 13.2. The van der Waals surface area contributed by atoms with Crippen LogP contribution in [0.2, 0.25) is 0 Å². The Balaban J connectivity index is 1.81. The van der Waals surface area contributed by atoms with Crippen LogP contribution in [-0.4, -0.2) is 30.4 Å². The lowest BCUT2D eigenvalue weighted by molar-refractivity contribution is -0.142. The fourth-order valence-electron chi connectivity index (χ4n) is 3.82. The molecule has 2 atom stereocenters. The van der Waals surface area contributed by atoms with Crippen molar-refractivity contribution in [2.75, 3.05) is 19.6 Å². The molecule has 1 aromatic rings. The summed E-state index contributed by atoms with van der Waals surface area (Å²) in [6, 6.07) is 4.61. The highest BCUT2D eigenvalue weighted by Crippen LogP contribution is 2.41. The van der Waals surface area contributed by atoms with Crippen molar-refractivity contribution in [3.05, 3.63) is 22.4 Å². The molecule has 0 saturated carbocycles. The second kappa shape index (κ2) is 5.86. The molecule has 2 saturated heterocycles. The minimum absolute atomic E-state index is 0.130. The molecule has 0 bridgehead atoms. The molecule has 110 valence electrons. The number of carbonyl (C=O) groups is 1. The predicted molar refractivity (Wildman–Crippen MR) is 82.8 cm³/mol. The van der Waals surface area contributed by atoms with E-state index in [0.29, 0.717) is 11.9 Å². The van der Waals surface area contributed by atoms with Crippen LogP contribution in [0.5, 0.6) is 0 Å². The standard InChI is InChI=1S/C16H24N2OS/c1-2-7-16(8-9-17-12-16)15(19)18-10-3-5-13(18)14-6-4-11-20-14/h4,6,11,13,17H,2-3,5,7-10,12H2,1H3. The van der Waals surface area contributed by atoms with Gasteiger partial charge in [-0.05, 0) is 43.7 Å². The van der Waals surface area contributed by atoms with Gasteiger partial charge in [0.05, 0.1) is 11.5 Å². The summed E-state index contributed by atoms with van der Waals surface area (Å²) >= 11 is 1.79. The number of rotatable bonds is 4. The van der Waals surface area contributed by atoms with Gasteiger partial charge >= 0.3 is 0 Å². The van der Waals surface area contributed by atoms with Gasteiger partial charge in [0.25, 0.3) is 0 Å². The number of amides is 1. The summed E-state index contributed by atoms with van der Waals surface area (Å²) in [5.74, 6) is 0.403. The molecule has 4 heteroatoms. The molecular formula is C16H24N2OS. The third kappa shape index (κ3) is 2.40. The van der Waals surface area contributed by atoms with E-state index in [1.807, 2.05) is 0 Å². The molecule has 3 nitrogen and oxygen atoms in total. The van der Waals surface area contributed by atoms with Gasteiger partial charge in [-0.25, -0.2) is 0 Å². The number of carbonyl (C=O) groups excluding carboxylic acids is 1. The molecule has 1 N–H and O–H groups in total. The molecule has 3 rings (SSSR count). The molecule has 0 aliphatic carbocycles. The van der Waals surface area contributed by atoms with Crippen LogP contribution >= 0.6 is 11.3 Å². The topological polar surface area (TPSA) is 32.3 Å². The second-order valence-corrected chi connectivity index (χ2v) is 7.11. The zero-order chi connectivity index (χ0) is 14.0. The summed E-state index contributed by atoms with van der Waals surface area (Å²) in [6.45, 7) is 4.98. The van der Waals surface area contributed by atoms with Gasteiger partial charge in [-0.15, -0.1) is 11.3 Å². The highest BCUT2D eigenvalue weighted by molar-refractivity contribution is 7.10. The lowest BCUT2D eigenvalue weighted by Crippen LogP contribution is -2.44. The fraction of sp³-hybridized carbons (Fsp3) is 0.688. The first-order valence-corrected chi connectivity index (χ1v) is 8.70. The Bertz CT molecular complexity index is 451. The van der Waals surface area contributed by atoms with Gasteiger partial charge in [0, 0.05) is 18.0 Å². The van der Waals surface area contributed by atoms with E-state index in [9.17, 15) is 4.79 Å². The van der Waals surface area contributed by atoms with E-state index in [2.05, 4.69) is 34.7 Å². The van der Waals surface area contributed by atoms with Crippen LogP contribution in [-0.2, 0) is 4.79 Å². The summed E-state index contributed by atoms with van der Waals surface area (Å²) in [5, 5.41) is 5.53. The molecule has 2 aliphatic rings. The van der Waals surface area contributed by atoms with Crippen molar-refractivity contribution in [2.45, 2.75) is 45.1 Å². The van der Waals surface area contributed by atoms with E-state index in [-0.39, 0.29) is 5.41 Å². The van der Waals surface area contributed by atoms with Crippen LogP contribution < -0.4 is 5.32 Å². The Labute approximate surface area is 125 Å². The van der Waals surface area contributed by atoms with Gasteiger partial charge in [0.2, 0.25) is 5.91 Å². The molecular weight excluding hydrogens is 268 g/mol. The molecule has 0 radical (unpaired) electrons. The van der Waals surface area contributed by atoms with Gasteiger partial charge in [0.15, 0.2) is 0 Å². The predicted octanol–water partition coefficient (Wildman–Crippen LogP) is 3.19. The third-order valence-electron chi connectivity index (χ3n) is 4.81. The molecule has 1 aromatic heterocycles. The summed E-state index contributed by atoms with van der Waals surface area (Å²) in [4.78, 5) is 16.7. The maximum absolute atomic E-state index is 13.2. The summed E-state index contributed by atoms with van der Waals surface area (Å²) < 4.78 is 0. The lowest BCUT2D eigenvalue weighted by Gasteiger charge is -2.34. The Morgan fingerprint density at radius 3 is 3.15 bits per heavy atom. The van der Waals surface area contributed by atoms with E-state index in [1.54, 1.807) is 11.3 Å². The first-order chi connectivity index (χ1) is 9.77. The quantitative estimate of drug-likeness (QED) is 0.924. The van der Waals surface area contributed by atoms with E-state index < -0.39 is 0 Å². The minimum atomic E-state index is -0.130. The number of hydrogen-bond donors (Lipinski definition) is 1. The Morgan fingerprint density at radius 1 is 1.60 bits per heavy atom. The van der Waals surface area contributed by atoms with Crippen LogP contribution in [0.1, 0.15) is 49.9 Å². The molecule has 2 aliphatic heterocycles. The Kier molecular flexibility index (Phi) is 4.13. The zero-order valence-electron chi connectivity index (χ0n) is 12.2. The van der Waals surface area contributed by atoms with E-state index in [0.717, 1.165) is 51.7 Å². The van der Waals surface area contributed by atoms with Crippen molar-refractivity contribution in [3.63, 3.8) is 0 Å². The number of likely N-dealkylation sites (tertiary alicyclic amines) is 1. The number of thiophene rings is 1. The Hall–Kier alpha value is -0.870. The van der Waals surface area contributed by atoms with Crippen molar-refractivity contribution in [2.24, 2.45) is 5.41 Å². The highest BCUT2D eigenvalue weighted by Gasteiger charge is 2.45. The SMILES string of the molecule is CCCC1(C(=O)N2CCCC2c2cccs2)CCNC1. The van der Waals surface area contributed by atoms with Crippen LogP contribution in [0.3, 0.4) is 0 Å². The second-order valence-electron chi connectivity index (χ2n) is 6.13. The summed E-state index contributed by atoms with van der Waals surface area (Å²) in [6.07, 6.45) is 5.39. The molecule has 0 spiro atoms. The first kappa shape index (κ1) is 14.1. The fourth-order valence-corrected chi connectivity index (χ4v) is 4.69. The van der Waals surface area contributed by atoms with Gasteiger partial charge in [-0.2, -0.15) is 0 Å². The Morgan fingerprint density at radius 2 is 2.50 bits per heavy atom. The van der Waals surface area contributed by atoms with Crippen molar-refractivity contribution in [3.8, 4) is 0 Å². The van der Waals surface area contributed by atoms with Crippen molar-refractivity contribution < 1.29 is 4.79 Å². The summed E-state index contributed by atoms with van der Waals surface area (Å²) in [5.41, 5.74) is -0.130. The monoisotopic (exact) mass is 292 g/mol. The maximum Gasteiger partial charge on any atom is 0.230 e. The largest absolute Gasteiger partial charge is 0.334 e. The van der Waals surface area contributed by atoms with Gasteiger partial charge in [-0.1, -0.05) is 19.4 Å². The molecule has 20 heavy (non-hydrogen) atoms. The van der Waals surface area contributed by atoms with E-state index >= 15 is 0 Å². The number of nitrogens with one attached hydrogen (secondary N) is 1. The average molecular weight is 292 g/mol. The van der Waals surface area contributed by atoms with E-state index in [1.165, 1.54) is 4.88 Å². The van der Waals surface area contributed by atoms with Crippen LogP contribution in [0.4, 0.5) is 0 Å². The first-order valence-electron chi connectivity index (χ1n) is 7.82. The number of nitrogens with zero attached hydrogens (tertiary/aromatic N) is 1. The average Bonchev–Trinajstić information content (AvgIpc) is 3.19. The van der Waals surface area contributed by atoms with Gasteiger partial charge in [0.1, 0.15) is 0 Å². The lowest BCUT2D eigenvalue weighted by atomic mass is 9.81. The molecule has 2 unspecified atom stereocenters. The summed E-state index contributed by atoms with van der Waals surface area (Å²) in [7, 11) is 0. The van der Waals surface area contributed by atoms with Gasteiger partial charge in [-0.3, -0.25) is 4.79 Å². The van der Waals surface area contributed by atoms with Crippen LogP contribution in [0, 0.1) is 5.41 Å². The normalized spacial score (nSPS) is 30.1. The smallest absolute Gasteiger partial charge is 0.230 e. The molecule has 1 amide bonds. The van der Waals surface area contributed by atoms with Crippen LogP contribution in [0.15, 0.2) is 17.5 Å². The van der Waals surface area contributed by atoms with E-state index in [4.69, 9.17) is 0 Å². The molecule has 3 heterocycles. The van der Waals surface area contributed by atoms with Crippen molar-refractivity contribution in [1.29, 1.82) is 0 Å².